The molecule has 10 rings (SSSR count). The number of benzene rings is 6. The fraction of sp³-hybridized carbons (Fsp3) is 0.0784. The van der Waals surface area contributed by atoms with Gasteiger partial charge in [0.05, 0.1) is 24.0 Å². The van der Waals surface area contributed by atoms with Crippen LogP contribution < -0.4 is 5.32 Å². The summed E-state index contributed by atoms with van der Waals surface area (Å²) < 4.78 is 8.60. The summed E-state index contributed by atoms with van der Waals surface area (Å²) in [4.78, 5) is 14.5. The Morgan fingerprint density at radius 2 is 1.42 bits per heavy atom. The van der Waals surface area contributed by atoms with Crippen LogP contribution in [0.5, 0.6) is 0 Å². The molecule has 274 valence electrons. The summed E-state index contributed by atoms with van der Waals surface area (Å²) in [7, 11) is 0. The number of aliphatic imine (C=N–C) groups is 3. The monoisotopic (exact) mass is 737 g/mol. The SMILES string of the molecule is C=NC(=NC(=NCc1ccccc1)c1cccc(-n2c3c(c4c2C(c2ccccc2)CC=C4)NC(c2ccc4oc5ccccc5c4c2)C=C3)c1)c1ccccc1. The average Bonchev–Trinajstić information content (AvgIpc) is 3.83. The molecule has 0 spiro atoms. The molecular weight excluding hydrogens is 699 g/mol. The summed E-state index contributed by atoms with van der Waals surface area (Å²) in [5, 5.41) is 6.23. The van der Waals surface area contributed by atoms with Crippen LogP contribution in [0.15, 0.2) is 189 Å². The molecule has 6 heteroatoms. The minimum Gasteiger partial charge on any atom is -0.456 e. The molecule has 2 aliphatic rings. The van der Waals surface area contributed by atoms with E-state index in [0.29, 0.717) is 18.2 Å². The van der Waals surface area contributed by atoms with Gasteiger partial charge in [-0.1, -0.05) is 146 Å². The summed E-state index contributed by atoms with van der Waals surface area (Å²) in [6, 6.07) is 54.4. The van der Waals surface area contributed by atoms with Crippen molar-refractivity contribution in [1.29, 1.82) is 0 Å². The Kier molecular flexibility index (Phi) is 8.84. The molecule has 57 heavy (non-hydrogen) atoms. The third-order valence-electron chi connectivity index (χ3n) is 11.0. The largest absolute Gasteiger partial charge is 0.456 e. The van der Waals surface area contributed by atoms with E-state index in [9.17, 15) is 0 Å². The fourth-order valence-corrected chi connectivity index (χ4v) is 8.27. The number of amidine groups is 2. The molecule has 8 aromatic rings. The van der Waals surface area contributed by atoms with Crippen LogP contribution in [0.1, 0.15) is 63.1 Å². The second-order valence-electron chi connectivity index (χ2n) is 14.5. The van der Waals surface area contributed by atoms with Crippen molar-refractivity contribution < 1.29 is 4.42 Å². The van der Waals surface area contributed by atoms with E-state index in [-0.39, 0.29) is 12.0 Å². The first kappa shape index (κ1) is 34.2. The first-order chi connectivity index (χ1) is 28.2. The van der Waals surface area contributed by atoms with Gasteiger partial charge in [-0.2, -0.15) is 0 Å². The number of anilines is 1. The first-order valence-electron chi connectivity index (χ1n) is 19.4. The maximum atomic E-state index is 6.17. The maximum Gasteiger partial charge on any atom is 0.161 e. The molecule has 0 radical (unpaired) electrons. The molecule has 0 fully saturated rings. The van der Waals surface area contributed by atoms with Crippen molar-refractivity contribution >= 4 is 58.2 Å². The number of nitrogens with one attached hydrogen (secondary N) is 1. The van der Waals surface area contributed by atoms with Crippen molar-refractivity contribution in [2.24, 2.45) is 15.0 Å². The van der Waals surface area contributed by atoms with Gasteiger partial charge in [0.25, 0.3) is 0 Å². The third kappa shape index (κ3) is 6.41. The van der Waals surface area contributed by atoms with Gasteiger partial charge >= 0.3 is 0 Å². The number of hydrogen-bond acceptors (Lipinski definition) is 3. The third-order valence-corrected chi connectivity index (χ3v) is 11.0. The van der Waals surface area contributed by atoms with Crippen LogP contribution >= 0.6 is 0 Å². The van der Waals surface area contributed by atoms with Crippen molar-refractivity contribution in [3.63, 3.8) is 0 Å². The molecular formula is C51H39N5O. The lowest BCUT2D eigenvalue weighted by Gasteiger charge is -2.24. The lowest BCUT2D eigenvalue weighted by atomic mass is 9.86. The Labute approximate surface area is 331 Å². The molecule has 0 bridgehead atoms. The molecule has 0 saturated carbocycles. The Morgan fingerprint density at radius 1 is 0.684 bits per heavy atom. The Bertz CT molecular complexity index is 2900. The molecule has 6 nitrogen and oxygen atoms in total. The van der Waals surface area contributed by atoms with E-state index >= 15 is 0 Å². The quantitative estimate of drug-likeness (QED) is 0.131. The van der Waals surface area contributed by atoms with Crippen molar-refractivity contribution in [3.8, 4) is 5.69 Å². The molecule has 0 saturated heterocycles. The number of para-hydroxylation sites is 1. The van der Waals surface area contributed by atoms with E-state index in [4.69, 9.17) is 14.4 Å². The van der Waals surface area contributed by atoms with Gasteiger partial charge in [-0.3, -0.25) is 4.99 Å². The van der Waals surface area contributed by atoms with Gasteiger partial charge < -0.3 is 14.3 Å². The molecule has 0 amide bonds. The average molecular weight is 738 g/mol. The number of aromatic nitrogens is 1. The van der Waals surface area contributed by atoms with Gasteiger partial charge in [-0.25, -0.2) is 9.98 Å². The summed E-state index contributed by atoms with van der Waals surface area (Å²) in [5.74, 6) is 1.27. The van der Waals surface area contributed by atoms with Crippen LogP contribution in [0.4, 0.5) is 5.69 Å². The lowest BCUT2D eigenvalue weighted by Crippen LogP contribution is -2.13. The zero-order valence-electron chi connectivity index (χ0n) is 31.3. The van der Waals surface area contributed by atoms with E-state index in [1.165, 1.54) is 22.4 Å². The summed E-state index contributed by atoms with van der Waals surface area (Å²) in [5.41, 5.74) is 12.9. The molecule has 2 aromatic heterocycles. The van der Waals surface area contributed by atoms with Gasteiger partial charge in [-0.05, 0) is 66.2 Å². The number of fused-ring (bicyclic) bond motifs is 6. The first-order valence-corrected chi connectivity index (χ1v) is 19.4. The molecule has 2 atom stereocenters. The van der Waals surface area contributed by atoms with Crippen molar-refractivity contribution in [1.82, 2.24) is 4.57 Å². The second kappa shape index (κ2) is 14.7. The number of furan rings is 1. The molecule has 1 aliphatic heterocycles. The molecule has 1 aliphatic carbocycles. The van der Waals surface area contributed by atoms with Crippen molar-refractivity contribution in [2.45, 2.75) is 24.9 Å². The summed E-state index contributed by atoms with van der Waals surface area (Å²) in [6.07, 6.45) is 10.1. The van der Waals surface area contributed by atoms with Gasteiger partial charge in [0.1, 0.15) is 11.2 Å². The maximum absolute atomic E-state index is 6.17. The van der Waals surface area contributed by atoms with E-state index < -0.39 is 0 Å². The molecule has 2 unspecified atom stereocenters. The van der Waals surface area contributed by atoms with Crippen LogP contribution in [-0.2, 0) is 6.54 Å². The van der Waals surface area contributed by atoms with Crippen LogP contribution in [0.2, 0.25) is 0 Å². The van der Waals surface area contributed by atoms with E-state index in [1.807, 2.05) is 60.7 Å². The van der Waals surface area contributed by atoms with E-state index in [1.54, 1.807) is 0 Å². The minimum atomic E-state index is -0.0266. The Morgan fingerprint density at radius 3 is 2.25 bits per heavy atom. The minimum absolute atomic E-state index is 0.0266. The number of nitrogens with zero attached hydrogens (tertiary/aromatic N) is 4. The smallest absolute Gasteiger partial charge is 0.161 e. The zero-order chi connectivity index (χ0) is 38.1. The van der Waals surface area contributed by atoms with Gasteiger partial charge in [0.15, 0.2) is 11.7 Å². The van der Waals surface area contributed by atoms with Crippen molar-refractivity contribution in [2.75, 3.05) is 5.32 Å². The van der Waals surface area contributed by atoms with Crippen LogP contribution in [0.3, 0.4) is 0 Å². The summed E-state index contributed by atoms with van der Waals surface area (Å²) in [6.45, 7) is 4.36. The highest BCUT2D eigenvalue weighted by Gasteiger charge is 2.32. The number of allylic oxidation sites excluding steroid dienone is 1. The second-order valence-corrected chi connectivity index (χ2v) is 14.5. The topological polar surface area (TPSA) is 67.2 Å². The van der Waals surface area contributed by atoms with E-state index in [0.717, 1.165) is 62.1 Å². The number of hydrogen-bond donors (Lipinski definition) is 1. The Hall–Kier alpha value is -7.31. The highest BCUT2D eigenvalue weighted by atomic mass is 16.3. The lowest BCUT2D eigenvalue weighted by molar-refractivity contribution is 0.668. The Balaban J connectivity index is 1.11. The van der Waals surface area contributed by atoms with E-state index in [2.05, 4.69) is 143 Å². The van der Waals surface area contributed by atoms with Gasteiger partial charge in [-0.15, -0.1) is 0 Å². The predicted molar refractivity (Wildman–Crippen MR) is 236 cm³/mol. The fourth-order valence-electron chi connectivity index (χ4n) is 8.27. The predicted octanol–water partition coefficient (Wildman–Crippen LogP) is 12.2. The molecule has 6 aromatic carbocycles. The molecule has 1 N–H and O–H groups in total. The molecule has 3 heterocycles. The van der Waals surface area contributed by atoms with Gasteiger partial charge in [0, 0.05) is 44.8 Å². The van der Waals surface area contributed by atoms with Crippen LogP contribution in [0, 0.1) is 0 Å². The normalized spacial score (nSPS) is 16.4. The zero-order valence-corrected chi connectivity index (χ0v) is 31.3. The van der Waals surface area contributed by atoms with Gasteiger partial charge in [0.2, 0.25) is 0 Å². The highest BCUT2D eigenvalue weighted by molar-refractivity contribution is 6.13. The van der Waals surface area contributed by atoms with Crippen LogP contribution in [-0.4, -0.2) is 23.0 Å². The highest BCUT2D eigenvalue weighted by Crippen LogP contribution is 2.47. The number of rotatable bonds is 7. The standard InChI is InChI=1S/C51H39N5O/c1-52-50(36-19-9-4-10-20-36)55-51(53-33-34-15-5-2-6-16-34)38-21-13-22-39(31-38)56-45-29-28-44(37-27-30-47-43(32-37)41-23-11-12-26-46(41)57-47)54-48(45)42-25-14-24-40(49(42)56)35-17-7-3-8-18-35/h2-23,25-32,40,44,54H,1,24,33H2. The van der Waals surface area contributed by atoms with Crippen LogP contribution in [0.25, 0.3) is 39.8 Å². The summed E-state index contributed by atoms with van der Waals surface area (Å²) >= 11 is 0. The van der Waals surface area contributed by atoms with Crippen molar-refractivity contribution in [3.05, 3.63) is 215 Å².